The summed E-state index contributed by atoms with van der Waals surface area (Å²) in [6.45, 7) is 7.66. The van der Waals surface area contributed by atoms with Gasteiger partial charge in [0.05, 0.1) is 8.07 Å². The van der Waals surface area contributed by atoms with E-state index in [2.05, 4.69) is 41.6 Å². The summed E-state index contributed by atoms with van der Waals surface area (Å²) < 4.78 is 6.62. The van der Waals surface area contributed by atoms with Crippen LogP contribution in [0.5, 0.6) is 0 Å². The Hall–Kier alpha value is -0.133. The Morgan fingerprint density at radius 3 is 2.76 bits per heavy atom. The molecule has 3 nitrogen and oxygen atoms in total. The third-order valence-corrected chi connectivity index (χ3v) is 8.48. The molecule has 1 atom stereocenters. The number of hydrogen-bond donors (Lipinski definition) is 0. The molecular weight excluding hydrogens is 298 g/mol. The number of amides is 1. The maximum atomic E-state index is 11.6. The molecule has 0 aromatic heterocycles. The van der Waals surface area contributed by atoms with E-state index in [1.807, 2.05) is 4.90 Å². The Bertz CT molecular complexity index is 312. The molecule has 1 aliphatic heterocycles. The molecule has 1 fully saturated rings. The van der Waals surface area contributed by atoms with Gasteiger partial charge in [-0.15, -0.1) is 0 Å². The van der Waals surface area contributed by atoms with Crippen LogP contribution in [0.25, 0.3) is 0 Å². The zero-order valence-corrected chi connectivity index (χ0v) is 13.7. The minimum absolute atomic E-state index is 0.0124. The first kappa shape index (κ1) is 14.9. The van der Waals surface area contributed by atoms with Gasteiger partial charge in [-0.05, 0) is 10.5 Å². The number of likely N-dealkylation sites (tertiary alicyclic amines) is 1. The van der Waals surface area contributed by atoms with E-state index in [0.717, 1.165) is 19.4 Å². The minimum Gasteiger partial charge on any atom is -0.362 e. The van der Waals surface area contributed by atoms with Gasteiger partial charge in [-0.3, -0.25) is 4.79 Å². The van der Waals surface area contributed by atoms with Crippen molar-refractivity contribution in [1.29, 1.82) is 0 Å². The molecule has 0 bridgehead atoms. The lowest BCUT2D eigenvalue weighted by molar-refractivity contribution is -0.134. The van der Waals surface area contributed by atoms with Crippen molar-refractivity contribution in [2.75, 3.05) is 13.7 Å². The Labute approximate surface area is 113 Å². The average Bonchev–Trinajstić information content (AvgIpc) is 2.58. The molecule has 0 aromatic carbocycles. The van der Waals surface area contributed by atoms with Crippen molar-refractivity contribution in [3.8, 4) is 0 Å². The van der Waals surface area contributed by atoms with Crippen LogP contribution in [0.1, 0.15) is 19.3 Å². The molecule has 0 saturated carbocycles. The van der Waals surface area contributed by atoms with Crippen molar-refractivity contribution in [2.24, 2.45) is 0 Å². The molecule has 1 aliphatic rings. The maximum Gasteiger partial charge on any atom is 0.224 e. The molecule has 0 aliphatic carbocycles. The van der Waals surface area contributed by atoms with Crippen LogP contribution in [0.2, 0.25) is 19.6 Å². The van der Waals surface area contributed by atoms with E-state index in [1.54, 1.807) is 7.11 Å². The summed E-state index contributed by atoms with van der Waals surface area (Å²) in [4.78, 5) is 13.5. The second-order valence-corrected chi connectivity index (χ2v) is 12.0. The highest BCUT2D eigenvalue weighted by atomic mass is 79.9. The molecule has 98 valence electrons. The number of ether oxygens (including phenoxy) is 1. The summed E-state index contributed by atoms with van der Waals surface area (Å²) in [5.74, 6) is 0.217. The van der Waals surface area contributed by atoms with E-state index in [1.165, 1.54) is 4.11 Å². The lowest BCUT2D eigenvalue weighted by atomic mass is 10.3. The molecule has 1 heterocycles. The SMILES string of the molecule is COC1CCC(=O)N1CC/C=C(\Br)[Si](C)(C)C. The number of carbonyl (C=O) groups is 1. The third kappa shape index (κ3) is 4.23. The second kappa shape index (κ2) is 6.16. The quantitative estimate of drug-likeness (QED) is 0.729. The van der Waals surface area contributed by atoms with E-state index in [0.29, 0.717) is 6.42 Å². The number of nitrogens with zero attached hydrogens (tertiary/aromatic N) is 1. The molecule has 1 saturated heterocycles. The van der Waals surface area contributed by atoms with Gasteiger partial charge >= 0.3 is 0 Å². The summed E-state index contributed by atoms with van der Waals surface area (Å²) in [5.41, 5.74) is 0. The number of carbonyl (C=O) groups excluding carboxylic acids is 1. The van der Waals surface area contributed by atoms with Crippen LogP contribution in [0.15, 0.2) is 10.2 Å². The standard InChI is InChI=1S/C12H22BrNO2Si/c1-16-12-8-7-11(15)14(12)9-5-6-10(13)17(2,3)4/h6,12H,5,7-9H2,1-4H3/b10-6+. The van der Waals surface area contributed by atoms with Crippen molar-refractivity contribution < 1.29 is 9.53 Å². The fourth-order valence-corrected chi connectivity index (χ4v) is 2.84. The van der Waals surface area contributed by atoms with Gasteiger partial charge in [0.2, 0.25) is 5.91 Å². The first-order valence-corrected chi connectivity index (χ1v) is 10.3. The lowest BCUT2D eigenvalue weighted by Gasteiger charge is -2.23. The first-order valence-electron chi connectivity index (χ1n) is 6.04. The zero-order valence-electron chi connectivity index (χ0n) is 11.1. The Balaban J connectivity index is 2.48. The van der Waals surface area contributed by atoms with Crippen molar-refractivity contribution in [3.05, 3.63) is 10.2 Å². The summed E-state index contributed by atoms with van der Waals surface area (Å²) in [7, 11) is 0.434. The van der Waals surface area contributed by atoms with Gasteiger partial charge in [-0.2, -0.15) is 0 Å². The molecule has 0 radical (unpaired) electrons. The second-order valence-electron chi connectivity index (χ2n) is 5.41. The van der Waals surface area contributed by atoms with Crippen LogP contribution in [0.4, 0.5) is 0 Å². The summed E-state index contributed by atoms with van der Waals surface area (Å²) in [6, 6.07) is 0. The summed E-state index contributed by atoms with van der Waals surface area (Å²) in [5, 5.41) is 0. The number of rotatable bonds is 5. The van der Waals surface area contributed by atoms with E-state index >= 15 is 0 Å². The highest BCUT2D eigenvalue weighted by Gasteiger charge is 2.30. The fraction of sp³-hybridized carbons (Fsp3) is 0.750. The predicted octanol–water partition coefficient (Wildman–Crippen LogP) is 3.13. The van der Waals surface area contributed by atoms with Crippen LogP contribution < -0.4 is 0 Å². The topological polar surface area (TPSA) is 29.5 Å². The molecule has 0 spiro atoms. The molecular formula is C12H22BrNO2Si. The van der Waals surface area contributed by atoms with Crippen LogP contribution in [-0.2, 0) is 9.53 Å². The van der Waals surface area contributed by atoms with E-state index < -0.39 is 8.07 Å². The van der Waals surface area contributed by atoms with Gasteiger partial charge in [0.1, 0.15) is 6.23 Å². The highest BCUT2D eigenvalue weighted by molar-refractivity contribution is 9.12. The maximum absolute atomic E-state index is 11.6. The van der Waals surface area contributed by atoms with Gasteiger partial charge in [0, 0.05) is 26.5 Å². The number of methoxy groups -OCH3 is 1. The van der Waals surface area contributed by atoms with Crippen molar-refractivity contribution in [3.63, 3.8) is 0 Å². The van der Waals surface area contributed by atoms with Crippen molar-refractivity contribution in [1.82, 2.24) is 4.90 Å². The van der Waals surface area contributed by atoms with Gasteiger partial charge in [-0.1, -0.05) is 41.6 Å². The number of halogens is 1. The molecule has 1 rings (SSSR count). The smallest absolute Gasteiger partial charge is 0.224 e. The molecule has 17 heavy (non-hydrogen) atoms. The fourth-order valence-electron chi connectivity index (χ4n) is 1.86. The first-order chi connectivity index (χ1) is 7.86. The highest BCUT2D eigenvalue weighted by Crippen LogP contribution is 2.23. The molecule has 5 heteroatoms. The van der Waals surface area contributed by atoms with Crippen LogP contribution in [0, 0.1) is 0 Å². The van der Waals surface area contributed by atoms with Crippen molar-refractivity contribution >= 4 is 29.9 Å². The van der Waals surface area contributed by atoms with Gasteiger partial charge in [0.25, 0.3) is 0 Å². The lowest BCUT2D eigenvalue weighted by Crippen LogP contribution is -2.34. The largest absolute Gasteiger partial charge is 0.362 e. The Morgan fingerprint density at radius 1 is 1.59 bits per heavy atom. The zero-order chi connectivity index (χ0) is 13.1. The van der Waals surface area contributed by atoms with Crippen LogP contribution in [0.3, 0.4) is 0 Å². The van der Waals surface area contributed by atoms with Crippen LogP contribution >= 0.6 is 15.9 Å². The molecule has 0 aromatic rings. The molecule has 1 unspecified atom stereocenters. The average molecular weight is 320 g/mol. The van der Waals surface area contributed by atoms with E-state index in [9.17, 15) is 4.79 Å². The Morgan fingerprint density at radius 2 is 2.24 bits per heavy atom. The third-order valence-electron chi connectivity index (χ3n) is 2.96. The van der Waals surface area contributed by atoms with Gasteiger partial charge < -0.3 is 9.64 Å². The molecule has 0 N–H and O–H groups in total. The molecule has 1 amide bonds. The minimum atomic E-state index is -1.24. The van der Waals surface area contributed by atoms with Crippen molar-refractivity contribution in [2.45, 2.75) is 45.1 Å². The van der Waals surface area contributed by atoms with Crippen LogP contribution in [-0.4, -0.2) is 38.8 Å². The van der Waals surface area contributed by atoms with Gasteiger partial charge in [-0.25, -0.2) is 0 Å². The Kier molecular flexibility index (Phi) is 5.41. The van der Waals surface area contributed by atoms with E-state index in [-0.39, 0.29) is 12.1 Å². The normalized spacial score (nSPS) is 22.4. The number of hydrogen-bond acceptors (Lipinski definition) is 2. The predicted molar refractivity (Wildman–Crippen MR) is 76.7 cm³/mol. The summed E-state index contributed by atoms with van der Waals surface area (Å²) >= 11 is 3.64. The van der Waals surface area contributed by atoms with E-state index in [4.69, 9.17) is 4.74 Å². The van der Waals surface area contributed by atoms with Gasteiger partial charge in [0.15, 0.2) is 0 Å². The monoisotopic (exact) mass is 319 g/mol. The summed E-state index contributed by atoms with van der Waals surface area (Å²) in [6.07, 6.45) is 4.55.